The zero-order chi connectivity index (χ0) is 18.3. The average molecular weight is 353 g/mol. The summed E-state index contributed by atoms with van der Waals surface area (Å²) in [5.74, 6) is 0.632. The van der Waals surface area contributed by atoms with Crippen LogP contribution in [0.1, 0.15) is 29.3 Å². The average Bonchev–Trinajstić information content (AvgIpc) is 3.16. The van der Waals surface area contributed by atoms with Gasteiger partial charge in [-0.2, -0.15) is 5.10 Å². The van der Waals surface area contributed by atoms with Crippen molar-refractivity contribution in [2.45, 2.75) is 33.1 Å². The number of aryl methyl sites for hydroxylation is 3. The zero-order valence-electron chi connectivity index (χ0n) is 14.7. The summed E-state index contributed by atoms with van der Waals surface area (Å²) in [6.07, 6.45) is 2.14. The number of anilines is 1. The number of nitrogens with one attached hydrogen (secondary N) is 3. The summed E-state index contributed by atoms with van der Waals surface area (Å²) in [4.78, 5) is 20.4. The van der Waals surface area contributed by atoms with Gasteiger partial charge in [0.25, 0.3) is 0 Å². The third-order valence-electron chi connectivity index (χ3n) is 4.87. The highest BCUT2D eigenvalue weighted by Crippen LogP contribution is 2.32. The van der Waals surface area contributed by atoms with Gasteiger partial charge in [0.2, 0.25) is 5.91 Å². The number of hydrogen-bond acceptors (Lipinski definition) is 3. The predicted octanol–water partition coefficient (Wildman–Crippen LogP) is 3.30. The van der Waals surface area contributed by atoms with Crippen molar-refractivity contribution < 1.29 is 9.18 Å². The molecule has 26 heavy (non-hydrogen) atoms. The van der Waals surface area contributed by atoms with E-state index in [-0.39, 0.29) is 17.6 Å². The predicted molar refractivity (Wildman–Crippen MR) is 96.2 cm³/mol. The molecule has 0 saturated carbocycles. The number of hydrogen-bond donors (Lipinski definition) is 3. The van der Waals surface area contributed by atoms with Crippen molar-refractivity contribution >= 4 is 11.7 Å². The number of halogens is 1. The molecule has 0 spiro atoms. The fraction of sp³-hybridized carbons (Fsp3) is 0.316. The van der Waals surface area contributed by atoms with Crippen molar-refractivity contribution in [1.29, 1.82) is 0 Å². The number of imidazole rings is 1. The Hall–Kier alpha value is -2.96. The molecular weight excluding hydrogens is 333 g/mol. The summed E-state index contributed by atoms with van der Waals surface area (Å²) >= 11 is 0. The largest absolute Gasteiger partial charge is 0.346 e. The number of amides is 1. The molecular formula is C19H20FN5O. The van der Waals surface area contributed by atoms with Crippen LogP contribution in [-0.4, -0.2) is 26.1 Å². The van der Waals surface area contributed by atoms with Gasteiger partial charge in [0.15, 0.2) is 5.82 Å². The number of benzene rings is 1. The van der Waals surface area contributed by atoms with Crippen LogP contribution in [0.5, 0.6) is 0 Å². The molecule has 1 aliphatic rings. The molecule has 7 heteroatoms. The summed E-state index contributed by atoms with van der Waals surface area (Å²) in [7, 11) is 0. The third kappa shape index (κ3) is 2.89. The number of nitrogens with zero attached hydrogens (tertiary/aromatic N) is 2. The van der Waals surface area contributed by atoms with E-state index in [0.29, 0.717) is 29.1 Å². The molecule has 1 atom stereocenters. The van der Waals surface area contributed by atoms with Crippen LogP contribution in [0.3, 0.4) is 0 Å². The number of carbonyl (C=O) groups is 1. The van der Waals surface area contributed by atoms with E-state index in [0.717, 1.165) is 30.1 Å². The second-order valence-electron chi connectivity index (χ2n) is 6.73. The molecule has 3 aromatic rings. The van der Waals surface area contributed by atoms with Crippen molar-refractivity contribution in [2.24, 2.45) is 5.92 Å². The monoisotopic (exact) mass is 353 g/mol. The van der Waals surface area contributed by atoms with Gasteiger partial charge in [-0.3, -0.25) is 9.89 Å². The van der Waals surface area contributed by atoms with Gasteiger partial charge >= 0.3 is 0 Å². The van der Waals surface area contributed by atoms with E-state index in [9.17, 15) is 9.18 Å². The van der Waals surface area contributed by atoms with Crippen molar-refractivity contribution in [3.05, 3.63) is 53.0 Å². The number of carbonyl (C=O) groups excluding carboxylic acids is 1. The van der Waals surface area contributed by atoms with Gasteiger partial charge in [0.05, 0.1) is 5.69 Å². The SMILES string of the molecule is Cc1nc2c([nH]1)CC(C(=O)Nc1n[nH]c(C)c1-c1ccccc1F)CC2. The van der Waals surface area contributed by atoms with Gasteiger partial charge in [-0.1, -0.05) is 18.2 Å². The lowest BCUT2D eigenvalue weighted by molar-refractivity contribution is -0.120. The highest BCUT2D eigenvalue weighted by molar-refractivity contribution is 5.96. The third-order valence-corrected chi connectivity index (χ3v) is 4.87. The second-order valence-corrected chi connectivity index (χ2v) is 6.73. The first kappa shape index (κ1) is 16.5. The van der Waals surface area contributed by atoms with Crippen LogP contribution < -0.4 is 5.32 Å². The number of fused-ring (bicyclic) bond motifs is 1. The van der Waals surface area contributed by atoms with Crippen molar-refractivity contribution in [1.82, 2.24) is 20.2 Å². The lowest BCUT2D eigenvalue weighted by Gasteiger charge is -2.20. The Morgan fingerprint density at radius 3 is 2.92 bits per heavy atom. The molecule has 134 valence electrons. The minimum absolute atomic E-state index is 0.105. The van der Waals surface area contributed by atoms with Crippen molar-refractivity contribution in [3.63, 3.8) is 0 Å². The van der Waals surface area contributed by atoms with Crippen LogP contribution >= 0.6 is 0 Å². The maximum atomic E-state index is 14.2. The Labute approximate surface area is 150 Å². The van der Waals surface area contributed by atoms with Crippen LogP contribution in [0.15, 0.2) is 24.3 Å². The lowest BCUT2D eigenvalue weighted by Crippen LogP contribution is -2.28. The van der Waals surface area contributed by atoms with Gasteiger partial charge in [-0.25, -0.2) is 9.37 Å². The van der Waals surface area contributed by atoms with Crippen LogP contribution in [0.4, 0.5) is 10.2 Å². The number of rotatable bonds is 3. The van der Waals surface area contributed by atoms with Crippen LogP contribution in [0.2, 0.25) is 0 Å². The maximum absolute atomic E-state index is 14.2. The van der Waals surface area contributed by atoms with E-state index >= 15 is 0 Å². The lowest BCUT2D eigenvalue weighted by atomic mass is 9.89. The van der Waals surface area contributed by atoms with Crippen LogP contribution in [0, 0.1) is 25.6 Å². The maximum Gasteiger partial charge on any atom is 0.229 e. The Balaban J connectivity index is 1.57. The van der Waals surface area contributed by atoms with Gasteiger partial charge in [0.1, 0.15) is 11.6 Å². The normalized spacial score (nSPS) is 16.3. The van der Waals surface area contributed by atoms with E-state index in [1.54, 1.807) is 18.2 Å². The topological polar surface area (TPSA) is 86.5 Å². The number of H-pyrrole nitrogens is 2. The molecule has 0 radical (unpaired) electrons. The first-order chi connectivity index (χ1) is 12.5. The van der Waals surface area contributed by atoms with E-state index in [1.165, 1.54) is 6.07 Å². The molecule has 0 bridgehead atoms. The van der Waals surface area contributed by atoms with Crippen LogP contribution in [0.25, 0.3) is 11.1 Å². The molecule has 0 aliphatic heterocycles. The molecule has 0 fully saturated rings. The van der Waals surface area contributed by atoms with E-state index in [1.807, 2.05) is 13.8 Å². The first-order valence-electron chi connectivity index (χ1n) is 8.68. The highest BCUT2D eigenvalue weighted by atomic mass is 19.1. The molecule has 3 N–H and O–H groups in total. The smallest absolute Gasteiger partial charge is 0.229 e. The van der Waals surface area contributed by atoms with E-state index in [4.69, 9.17) is 0 Å². The van der Waals surface area contributed by atoms with Crippen molar-refractivity contribution in [2.75, 3.05) is 5.32 Å². The van der Waals surface area contributed by atoms with Gasteiger partial charge in [0, 0.05) is 34.9 Å². The summed E-state index contributed by atoms with van der Waals surface area (Å²) < 4.78 is 14.2. The molecule has 2 heterocycles. The first-order valence-corrected chi connectivity index (χ1v) is 8.68. The second kappa shape index (κ2) is 6.40. The van der Waals surface area contributed by atoms with Crippen LogP contribution in [-0.2, 0) is 17.6 Å². The number of aromatic nitrogens is 4. The van der Waals surface area contributed by atoms with E-state index < -0.39 is 0 Å². The molecule has 0 saturated heterocycles. The Bertz CT molecular complexity index is 974. The highest BCUT2D eigenvalue weighted by Gasteiger charge is 2.28. The molecule has 1 aromatic carbocycles. The van der Waals surface area contributed by atoms with Crippen molar-refractivity contribution in [3.8, 4) is 11.1 Å². The summed E-state index contributed by atoms with van der Waals surface area (Å²) in [5.41, 5.74) is 3.80. The zero-order valence-corrected chi connectivity index (χ0v) is 14.7. The molecule has 2 aromatic heterocycles. The molecule has 4 rings (SSSR count). The molecule has 6 nitrogen and oxygen atoms in total. The standard InChI is InChI=1S/C19H20FN5O/c1-10-17(13-5-3-4-6-14(13)20)18(25-24-10)23-19(26)12-7-8-15-16(9-12)22-11(2)21-15/h3-6,12H,7-9H2,1-2H3,(H,21,22)(H2,23,24,25,26). The van der Waals surface area contributed by atoms with Gasteiger partial charge < -0.3 is 10.3 Å². The molecule has 1 amide bonds. The van der Waals surface area contributed by atoms with E-state index in [2.05, 4.69) is 25.5 Å². The quantitative estimate of drug-likeness (QED) is 0.675. The minimum atomic E-state index is -0.345. The minimum Gasteiger partial charge on any atom is -0.346 e. The van der Waals surface area contributed by atoms with Gasteiger partial charge in [-0.15, -0.1) is 0 Å². The molecule has 1 aliphatic carbocycles. The Morgan fingerprint density at radius 1 is 1.31 bits per heavy atom. The summed E-state index contributed by atoms with van der Waals surface area (Å²) in [6.45, 7) is 3.73. The summed E-state index contributed by atoms with van der Waals surface area (Å²) in [5, 5.41) is 9.90. The van der Waals surface area contributed by atoms with Gasteiger partial charge in [-0.05, 0) is 32.8 Å². The summed E-state index contributed by atoms with van der Waals surface area (Å²) in [6, 6.07) is 6.48. The fourth-order valence-corrected chi connectivity index (χ4v) is 3.58. The number of aromatic amines is 2. The fourth-order valence-electron chi connectivity index (χ4n) is 3.58. The molecule has 1 unspecified atom stereocenters. The Kier molecular flexibility index (Phi) is 4.06. The Morgan fingerprint density at radius 2 is 2.12 bits per heavy atom.